The van der Waals surface area contributed by atoms with Gasteiger partial charge in [-0.3, -0.25) is 9.59 Å². The van der Waals surface area contributed by atoms with Crippen molar-refractivity contribution in [3.63, 3.8) is 0 Å². The number of benzene rings is 1. The summed E-state index contributed by atoms with van der Waals surface area (Å²) in [6, 6.07) is 7.84. The zero-order valence-corrected chi connectivity index (χ0v) is 12.5. The predicted molar refractivity (Wildman–Crippen MR) is 79.7 cm³/mol. The van der Waals surface area contributed by atoms with Gasteiger partial charge in [-0.2, -0.15) is 5.10 Å². The van der Waals surface area contributed by atoms with Crippen molar-refractivity contribution in [2.24, 2.45) is 0 Å². The molecule has 0 spiro atoms. The Morgan fingerprint density at radius 1 is 1.27 bits per heavy atom. The first-order valence-corrected chi connectivity index (χ1v) is 6.57. The lowest BCUT2D eigenvalue weighted by molar-refractivity contribution is 0.0773. The van der Waals surface area contributed by atoms with Crippen LogP contribution in [-0.2, 0) is 0 Å². The molecule has 0 unspecified atom stereocenters. The van der Waals surface area contributed by atoms with Crippen molar-refractivity contribution < 1.29 is 14.7 Å². The molecule has 0 fully saturated rings. The summed E-state index contributed by atoms with van der Waals surface area (Å²) in [6.07, 6.45) is -1.47. The van der Waals surface area contributed by atoms with Crippen molar-refractivity contribution in [2.75, 3.05) is 7.05 Å². The third-order valence-corrected chi connectivity index (χ3v) is 3.22. The largest absolute Gasteiger partial charge is 0.465 e. The van der Waals surface area contributed by atoms with Crippen LogP contribution in [0.2, 0.25) is 5.02 Å². The van der Waals surface area contributed by atoms with Crippen LogP contribution in [0.15, 0.2) is 35.1 Å². The Balaban J connectivity index is 2.56. The summed E-state index contributed by atoms with van der Waals surface area (Å²) in [6.45, 7) is 1.65. The van der Waals surface area contributed by atoms with Crippen LogP contribution in [0.3, 0.4) is 0 Å². The number of hydrogen-bond acceptors (Lipinski definition) is 4. The molecule has 2 rings (SSSR count). The minimum absolute atomic E-state index is 0.408. The maximum atomic E-state index is 12.0. The maximum absolute atomic E-state index is 12.0. The van der Waals surface area contributed by atoms with Gasteiger partial charge in [0.05, 0.1) is 5.69 Å². The van der Waals surface area contributed by atoms with Gasteiger partial charge in [-0.25, -0.2) is 14.4 Å². The van der Waals surface area contributed by atoms with Gasteiger partial charge in [-0.15, -0.1) is 0 Å². The molecule has 0 aliphatic rings. The number of carbonyl (C=O) groups is 2. The van der Waals surface area contributed by atoms with Gasteiger partial charge in [0, 0.05) is 23.8 Å². The Hall–Kier alpha value is -2.67. The quantitative estimate of drug-likeness (QED) is 0.912. The van der Waals surface area contributed by atoms with Crippen molar-refractivity contribution in [1.82, 2.24) is 14.7 Å². The summed E-state index contributed by atoms with van der Waals surface area (Å²) >= 11 is 5.82. The van der Waals surface area contributed by atoms with E-state index >= 15 is 0 Å². The second kappa shape index (κ2) is 5.98. The minimum atomic E-state index is -1.47. The molecule has 0 saturated carbocycles. The number of carboxylic acid groups (broad SMARTS) is 1. The van der Waals surface area contributed by atoms with Gasteiger partial charge >= 0.3 is 6.09 Å². The number of imide groups is 1. The van der Waals surface area contributed by atoms with E-state index in [0.717, 1.165) is 7.05 Å². The van der Waals surface area contributed by atoms with Crippen LogP contribution in [0, 0.1) is 6.92 Å². The molecule has 22 heavy (non-hydrogen) atoms. The van der Waals surface area contributed by atoms with Crippen LogP contribution in [-0.4, -0.2) is 38.8 Å². The standard InChI is InChI=1S/C14H12ClN3O4/c1-8-7-11(19)12(13(20)17(2)14(21)22)16-18(8)10-5-3-9(15)4-6-10/h3-7H,1-2H3,(H,21,22). The average molecular weight is 322 g/mol. The van der Waals surface area contributed by atoms with E-state index in [1.165, 1.54) is 10.7 Å². The lowest BCUT2D eigenvalue weighted by Crippen LogP contribution is -2.36. The van der Waals surface area contributed by atoms with Crippen LogP contribution in [0.4, 0.5) is 4.79 Å². The summed E-state index contributed by atoms with van der Waals surface area (Å²) in [5.74, 6) is -0.986. The topological polar surface area (TPSA) is 92.5 Å². The molecule has 0 radical (unpaired) electrons. The molecule has 114 valence electrons. The fourth-order valence-electron chi connectivity index (χ4n) is 1.78. The zero-order chi connectivity index (χ0) is 16.4. The Morgan fingerprint density at radius 3 is 2.41 bits per heavy atom. The summed E-state index contributed by atoms with van der Waals surface area (Å²) in [5, 5.41) is 13.3. The number of carbonyl (C=O) groups excluding carboxylic acids is 1. The number of nitrogens with zero attached hydrogens (tertiary/aromatic N) is 3. The fraction of sp³-hybridized carbons (Fsp3) is 0.143. The lowest BCUT2D eigenvalue weighted by Gasteiger charge is -2.13. The Kier molecular flexibility index (Phi) is 4.27. The highest BCUT2D eigenvalue weighted by Gasteiger charge is 2.23. The highest BCUT2D eigenvalue weighted by molar-refractivity contribution is 6.30. The van der Waals surface area contributed by atoms with Crippen molar-refractivity contribution in [2.45, 2.75) is 6.92 Å². The summed E-state index contributed by atoms with van der Waals surface area (Å²) < 4.78 is 1.38. The van der Waals surface area contributed by atoms with Crippen LogP contribution in [0.25, 0.3) is 5.69 Å². The molecule has 7 nitrogen and oxygen atoms in total. The van der Waals surface area contributed by atoms with E-state index < -0.39 is 23.1 Å². The highest BCUT2D eigenvalue weighted by atomic mass is 35.5. The number of rotatable bonds is 2. The summed E-state index contributed by atoms with van der Waals surface area (Å²) in [5.41, 5.74) is -0.0120. The molecular weight excluding hydrogens is 310 g/mol. The summed E-state index contributed by atoms with van der Waals surface area (Å²) in [4.78, 5) is 35.2. The SMILES string of the molecule is Cc1cc(=O)c(C(=O)N(C)C(=O)O)nn1-c1ccc(Cl)cc1. The molecular formula is C14H12ClN3O4. The molecule has 0 aliphatic heterocycles. The van der Waals surface area contributed by atoms with Gasteiger partial charge in [0.15, 0.2) is 5.69 Å². The Bertz CT molecular complexity index is 799. The highest BCUT2D eigenvalue weighted by Crippen LogP contribution is 2.14. The molecule has 0 atom stereocenters. The monoisotopic (exact) mass is 321 g/mol. The van der Waals surface area contributed by atoms with E-state index in [1.807, 2.05) is 0 Å². The van der Waals surface area contributed by atoms with Crippen LogP contribution >= 0.6 is 11.6 Å². The zero-order valence-electron chi connectivity index (χ0n) is 11.8. The van der Waals surface area contributed by atoms with E-state index in [2.05, 4.69) is 5.10 Å². The smallest absolute Gasteiger partial charge is 0.414 e. The minimum Gasteiger partial charge on any atom is -0.465 e. The summed E-state index contributed by atoms with van der Waals surface area (Å²) in [7, 11) is 1.05. The van der Waals surface area contributed by atoms with Gasteiger partial charge in [0.1, 0.15) is 0 Å². The molecule has 1 N–H and O–H groups in total. The fourth-order valence-corrected chi connectivity index (χ4v) is 1.91. The first kappa shape index (κ1) is 15.7. The molecule has 0 saturated heterocycles. The first-order chi connectivity index (χ1) is 10.3. The predicted octanol–water partition coefficient (Wildman–Crippen LogP) is 1.94. The lowest BCUT2D eigenvalue weighted by atomic mass is 10.2. The normalized spacial score (nSPS) is 10.3. The van der Waals surface area contributed by atoms with E-state index in [9.17, 15) is 14.4 Å². The molecule has 1 aromatic carbocycles. The molecule has 1 aromatic heterocycles. The third kappa shape index (κ3) is 2.99. The molecule has 1 heterocycles. The van der Waals surface area contributed by atoms with E-state index in [-0.39, 0.29) is 0 Å². The third-order valence-electron chi connectivity index (χ3n) is 2.97. The van der Waals surface area contributed by atoms with Crippen LogP contribution in [0.1, 0.15) is 16.2 Å². The van der Waals surface area contributed by atoms with Crippen molar-refractivity contribution >= 4 is 23.6 Å². The average Bonchev–Trinajstić information content (AvgIpc) is 2.47. The van der Waals surface area contributed by atoms with Gasteiger partial charge in [-0.1, -0.05) is 11.6 Å². The maximum Gasteiger partial charge on any atom is 0.414 e. The number of aromatic nitrogens is 2. The molecule has 2 aromatic rings. The number of hydrogen-bond donors (Lipinski definition) is 1. The number of aryl methyl sites for hydroxylation is 1. The molecule has 2 amide bonds. The van der Waals surface area contributed by atoms with E-state index in [4.69, 9.17) is 16.7 Å². The van der Waals surface area contributed by atoms with Gasteiger partial charge in [0.25, 0.3) is 5.91 Å². The first-order valence-electron chi connectivity index (χ1n) is 6.19. The molecule has 8 heteroatoms. The van der Waals surface area contributed by atoms with E-state index in [0.29, 0.717) is 21.3 Å². The van der Waals surface area contributed by atoms with Crippen molar-refractivity contribution in [1.29, 1.82) is 0 Å². The Labute approximate surface area is 130 Å². The number of halogens is 1. The van der Waals surface area contributed by atoms with Crippen LogP contribution < -0.4 is 5.43 Å². The molecule has 0 aliphatic carbocycles. The second-order valence-corrected chi connectivity index (χ2v) is 4.97. The Morgan fingerprint density at radius 2 is 1.86 bits per heavy atom. The van der Waals surface area contributed by atoms with Crippen molar-refractivity contribution in [3.8, 4) is 5.69 Å². The van der Waals surface area contributed by atoms with Gasteiger partial charge < -0.3 is 5.11 Å². The number of amides is 2. The van der Waals surface area contributed by atoms with Gasteiger partial charge in [0.2, 0.25) is 5.43 Å². The second-order valence-electron chi connectivity index (χ2n) is 4.53. The van der Waals surface area contributed by atoms with E-state index in [1.54, 1.807) is 31.2 Å². The molecule has 0 bridgehead atoms. The van der Waals surface area contributed by atoms with Gasteiger partial charge in [-0.05, 0) is 31.2 Å². The van der Waals surface area contributed by atoms with Crippen molar-refractivity contribution in [3.05, 3.63) is 57.0 Å². The van der Waals surface area contributed by atoms with Crippen LogP contribution in [0.5, 0.6) is 0 Å².